The SMILES string of the molecule is CC1CCC2(CC1)C(=O)N[C@]1(C=C[C@@H](C)CC1)[C@]2(O)C#Cc1ccccc1. The van der Waals surface area contributed by atoms with Crippen LogP contribution in [-0.4, -0.2) is 22.2 Å². The summed E-state index contributed by atoms with van der Waals surface area (Å²) in [4.78, 5) is 13.3. The molecule has 142 valence electrons. The lowest BCUT2D eigenvalue weighted by molar-refractivity contribution is -0.138. The van der Waals surface area contributed by atoms with E-state index in [1.54, 1.807) is 0 Å². The molecule has 1 amide bonds. The summed E-state index contributed by atoms with van der Waals surface area (Å²) >= 11 is 0. The third-order valence-electron chi connectivity index (χ3n) is 7.10. The Labute approximate surface area is 162 Å². The first-order valence-corrected chi connectivity index (χ1v) is 10.2. The molecule has 1 heterocycles. The Bertz CT molecular complexity index is 810. The standard InChI is InChI=1S/C24H29NO2/c1-18-8-13-22(14-9-18)21(26)25-23(15-10-19(2)11-16-23)24(22,27)17-12-20-6-4-3-5-7-20/h3-7,10,15,18-19,27H,8-9,11,13-14,16H2,1-2H3,(H,25,26)/t18?,19-,22?,23+,24+/m1/s1. The van der Waals surface area contributed by atoms with Crippen LogP contribution >= 0.6 is 0 Å². The summed E-state index contributed by atoms with van der Waals surface area (Å²) in [6, 6.07) is 9.74. The van der Waals surface area contributed by atoms with Crippen LogP contribution in [0.25, 0.3) is 0 Å². The molecule has 2 fully saturated rings. The molecule has 4 rings (SSSR count). The van der Waals surface area contributed by atoms with E-state index in [1.165, 1.54) is 0 Å². The third kappa shape index (κ3) is 2.74. The maximum Gasteiger partial charge on any atom is 0.231 e. The van der Waals surface area contributed by atoms with Crippen molar-refractivity contribution in [2.45, 2.75) is 63.5 Å². The van der Waals surface area contributed by atoms with E-state index < -0.39 is 16.6 Å². The fourth-order valence-corrected chi connectivity index (χ4v) is 5.13. The maximum atomic E-state index is 13.3. The summed E-state index contributed by atoms with van der Waals surface area (Å²) in [6.07, 6.45) is 9.15. The van der Waals surface area contributed by atoms with Gasteiger partial charge >= 0.3 is 0 Å². The number of amides is 1. The molecule has 1 aliphatic heterocycles. The Morgan fingerprint density at radius 1 is 1.07 bits per heavy atom. The number of nitrogens with one attached hydrogen (secondary N) is 1. The molecule has 0 unspecified atom stereocenters. The van der Waals surface area contributed by atoms with Gasteiger partial charge < -0.3 is 10.4 Å². The fourth-order valence-electron chi connectivity index (χ4n) is 5.13. The van der Waals surface area contributed by atoms with Crippen molar-refractivity contribution in [3.63, 3.8) is 0 Å². The van der Waals surface area contributed by atoms with Crippen molar-refractivity contribution in [2.24, 2.45) is 17.3 Å². The van der Waals surface area contributed by atoms with Crippen molar-refractivity contribution < 1.29 is 9.90 Å². The van der Waals surface area contributed by atoms with E-state index in [9.17, 15) is 9.90 Å². The second kappa shape index (κ2) is 6.53. The van der Waals surface area contributed by atoms with Gasteiger partial charge in [-0.2, -0.15) is 0 Å². The molecule has 1 saturated heterocycles. The Balaban J connectivity index is 1.83. The minimum Gasteiger partial charge on any atom is -0.374 e. The second-order valence-corrected chi connectivity index (χ2v) is 8.89. The van der Waals surface area contributed by atoms with Gasteiger partial charge in [-0.05, 0) is 62.5 Å². The van der Waals surface area contributed by atoms with Crippen LogP contribution < -0.4 is 5.32 Å². The number of aliphatic hydroxyl groups is 1. The van der Waals surface area contributed by atoms with Crippen LogP contribution in [0.15, 0.2) is 42.5 Å². The molecule has 1 aromatic carbocycles. The molecular formula is C24H29NO2. The lowest BCUT2D eigenvalue weighted by Crippen LogP contribution is -2.61. The topological polar surface area (TPSA) is 49.3 Å². The lowest BCUT2D eigenvalue weighted by Gasteiger charge is -2.47. The highest BCUT2D eigenvalue weighted by Crippen LogP contribution is 2.57. The van der Waals surface area contributed by atoms with Crippen LogP contribution in [0.5, 0.6) is 0 Å². The predicted octanol–water partition coefficient (Wildman–Crippen LogP) is 3.82. The Hall–Kier alpha value is -2.05. The van der Waals surface area contributed by atoms with E-state index in [-0.39, 0.29) is 5.91 Å². The molecule has 2 aliphatic carbocycles. The van der Waals surface area contributed by atoms with Gasteiger partial charge in [0, 0.05) is 5.56 Å². The van der Waals surface area contributed by atoms with Crippen molar-refractivity contribution >= 4 is 5.91 Å². The molecule has 2 N–H and O–H groups in total. The Kier molecular flexibility index (Phi) is 4.43. The molecule has 1 aromatic rings. The quantitative estimate of drug-likeness (QED) is 0.544. The van der Waals surface area contributed by atoms with Crippen molar-refractivity contribution in [2.75, 3.05) is 0 Å². The van der Waals surface area contributed by atoms with Crippen LogP contribution in [0, 0.1) is 29.1 Å². The van der Waals surface area contributed by atoms with Crippen LogP contribution in [0.4, 0.5) is 0 Å². The highest BCUT2D eigenvalue weighted by Gasteiger charge is 2.71. The summed E-state index contributed by atoms with van der Waals surface area (Å²) < 4.78 is 0. The first kappa shape index (κ1) is 18.3. The number of hydrogen-bond donors (Lipinski definition) is 2. The molecule has 3 nitrogen and oxygen atoms in total. The Morgan fingerprint density at radius 2 is 1.78 bits per heavy atom. The molecule has 0 radical (unpaired) electrons. The molecule has 0 bridgehead atoms. The van der Waals surface area contributed by atoms with Gasteiger partial charge in [-0.15, -0.1) is 0 Å². The van der Waals surface area contributed by atoms with Gasteiger partial charge in [0.2, 0.25) is 5.91 Å². The fraction of sp³-hybridized carbons (Fsp3) is 0.542. The first-order chi connectivity index (χ1) is 12.9. The summed E-state index contributed by atoms with van der Waals surface area (Å²) in [5.41, 5.74) is -2.11. The van der Waals surface area contributed by atoms with Gasteiger partial charge in [-0.3, -0.25) is 4.79 Å². The van der Waals surface area contributed by atoms with E-state index in [2.05, 4.69) is 37.1 Å². The molecular weight excluding hydrogens is 334 g/mol. The minimum atomic E-state index is -1.39. The zero-order valence-corrected chi connectivity index (χ0v) is 16.3. The largest absolute Gasteiger partial charge is 0.374 e. The summed E-state index contributed by atoms with van der Waals surface area (Å²) in [7, 11) is 0. The second-order valence-electron chi connectivity index (χ2n) is 8.89. The highest BCUT2D eigenvalue weighted by molar-refractivity contribution is 5.90. The van der Waals surface area contributed by atoms with Gasteiger partial charge in [0.1, 0.15) is 0 Å². The number of carbonyl (C=O) groups is 1. The van der Waals surface area contributed by atoms with Crippen molar-refractivity contribution in [3.8, 4) is 11.8 Å². The van der Waals surface area contributed by atoms with Gasteiger partial charge in [0.05, 0.1) is 11.0 Å². The van der Waals surface area contributed by atoms with Gasteiger partial charge in [-0.25, -0.2) is 0 Å². The molecule has 3 aliphatic rings. The summed E-state index contributed by atoms with van der Waals surface area (Å²) in [5, 5.41) is 15.4. The van der Waals surface area contributed by atoms with E-state index in [4.69, 9.17) is 0 Å². The van der Waals surface area contributed by atoms with Crippen molar-refractivity contribution in [3.05, 3.63) is 48.0 Å². The molecule has 2 spiro atoms. The average Bonchev–Trinajstić information content (AvgIpc) is 2.85. The van der Waals surface area contributed by atoms with Crippen molar-refractivity contribution in [1.29, 1.82) is 0 Å². The molecule has 1 saturated carbocycles. The van der Waals surface area contributed by atoms with E-state index in [1.807, 2.05) is 36.4 Å². The molecule has 3 heteroatoms. The van der Waals surface area contributed by atoms with E-state index in [0.717, 1.165) is 31.2 Å². The van der Waals surface area contributed by atoms with E-state index in [0.29, 0.717) is 24.7 Å². The van der Waals surface area contributed by atoms with Crippen LogP contribution in [0.2, 0.25) is 0 Å². The number of benzene rings is 1. The summed E-state index contributed by atoms with van der Waals surface area (Å²) in [5.74, 6) is 7.45. The third-order valence-corrected chi connectivity index (χ3v) is 7.10. The predicted molar refractivity (Wildman–Crippen MR) is 107 cm³/mol. The Morgan fingerprint density at radius 3 is 2.41 bits per heavy atom. The first-order valence-electron chi connectivity index (χ1n) is 10.2. The van der Waals surface area contributed by atoms with Gasteiger partial charge in [-0.1, -0.05) is 56.0 Å². The van der Waals surface area contributed by atoms with Crippen LogP contribution in [-0.2, 0) is 4.79 Å². The van der Waals surface area contributed by atoms with Gasteiger partial charge in [0.15, 0.2) is 5.60 Å². The van der Waals surface area contributed by atoms with Crippen LogP contribution in [0.3, 0.4) is 0 Å². The zero-order valence-electron chi connectivity index (χ0n) is 16.3. The molecule has 0 aromatic heterocycles. The van der Waals surface area contributed by atoms with Crippen LogP contribution in [0.1, 0.15) is 57.9 Å². The number of allylic oxidation sites excluding steroid dienone is 1. The normalized spacial score (nSPS) is 40.6. The lowest BCUT2D eigenvalue weighted by atomic mass is 9.57. The number of hydrogen-bond acceptors (Lipinski definition) is 2. The summed E-state index contributed by atoms with van der Waals surface area (Å²) in [6.45, 7) is 4.40. The van der Waals surface area contributed by atoms with Crippen molar-refractivity contribution in [1.82, 2.24) is 5.32 Å². The number of carbonyl (C=O) groups excluding carboxylic acids is 1. The maximum absolute atomic E-state index is 13.3. The minimum absolute atomic E-state index is 0.0153. The monoisotopic (exact) mass is 363 g/mol. The molecule has 3 atom stereocenters. The zero-order chi connectivity index (χ0) is 19.1. The number of rotatable bonds is 0. The van der Waals surface area contributed by atoms with Gasteiger partial charge in [0.25, 0.3) is 0 Å². The average molecular weight is 364 g/mol. The smallest absolute Gasteiger partial charge is 0.231 e. The highest BCUT2D eigenvalue weighted by atomic mass is 16.3. The van der Waals surface area contributed by atoms with E-state index >= 15 is 0 Å². The molecule has 27 heavy (non-hydrogen) atoms.